The van der Waals surface area contributed by atoms with Gasteiger partial charge in [-0.2, -0.15) is 0 Å². The van der Waals surface area contributed by atoms with Crippen molar-refractivity contribution < 1.29 is 23.1 Å². The highest BCUT2D eigenvalue weighted by atomic mass is 32.2. The maximum atomic E-state index is 12.6. The molecule has 8 heteroatoms. The molecule has 1 saturated carbocycles. The average Bonchev–Trinajstić information content (AvgIpc) is 3.66. The van der Waals surface area contributed by atoms with E-state index < -0.39 is 14.6 Å². The molecule has 1 aliphatic carbocycles. The van der Waals surface area contributed by atoms with Crippen LogP contribution >= 0.6 is 0 Å². The smallest absolute Gasteiger partial charge is 0.257 e. The summed E-state index contributed by atoms with van der Waals surface area (Å²) in [6.07, 6.45) is 7.85. The fourth-order valence-corrected chi connectivity index (χ4v) is 4.73. The van der Waals surface area contributed by atoms with E-state index in [9.17, 15) is 18.4 Å². The Morgan fingerprint density at radius 1 is 1.03 bits per heavy atom. The molecular weight excluding hydrogens is 474 g/mol. The third kappa shape index (κ3) is 4.56. The lowest BCUT2D eigenvalue weighted by atomic mass is 9.92. The summed E-state index contributed by atoms with van der Waals surface area (Å²) in [6, 6.07) is 17.2. The molecule has 0 aliphatic heterocycles. The highest BCUT2D eigenvalue weighted by Crippen LogP contribution is 2.37. The number of carbonyl (C=O) groups is 1. The summed E-state index contributed by atoms with van der Waals surface area (Å²) in [5.41, 5.74) is 4.94. The Morgan fingerprint density at radius 3 is 2.50 bits per heavy atom. The number of hydrogen-bond acceptors (Lipinski definition) is 5. The van der Waals surface area contributed by atoms with E-state index in [1.165, 1.54) is 12.5 Å². The van der Waals surface area contributed by atoms with E-state index in [4.69, 9.17) is 0 Å². The van der Waals surface area contributed by atoms with Crippen molar-refractivity contribution in [3.63, 3.8) is 0 Å². The molecule has 2 N–H and O–H groups in total. The number of amides is 1. The number of rotatable bonds is 6. The Balaban J connectivity index is 1.63. The highest BCUT2D eigenvalue weighted by Gasteiger charge is 2.33. The van der Waals surface area contributed by atoms with Crippen molar-refractivity contribution in [3.8, 4) is 22.3 Å². The Morgan fingerprint density at radius 2 is 1.78 bits per heavy atom. The van der Waals surface area contributed by atoms with Crippen LogP contribution in [0, 0.1) is 0 Å². The number of benzene rings is 2. The van der Waals surface area contributed by atoms with E-state index in [0.29, 0.717) is 16.7 Å². The number of nitrogens with zero attached hydrogens (tertiary/aromatic N) is 2. The second kappa shape index (κ2) is 8.71. The molecule has 2 heterocycles. The van der Waals surface area contributed by atoms with Crippen molar-refractivity contribution in [2.75, 3.05) is 6.26 Å². The van der Waals surface area contributed by atoms with Crippen LogP contribution in [0.25, 0.3) is 33.2 Å². The lowest BCUT2D eigenvalue weighted by Gasteiger charge is -2.24. The molecule has 184 valence electrons. The maximum absolute atomic E-state index is 12.6. The normalized spacial score (nSPS) is 14.1. The molecule has 5 rings (SSSR count). The van der Waals surface area contributed by atoms with Crippen LogP contribution in [0.3, 0.4) is 0 Å². The summed E-state index contributed by atoms with van der Waals surface area (Å²) in [6.45, 7) is 3.41. The van der Waals surface area contributed by atoms with Crippen molar-refractivity contribution >= 4 is 26.6 Å². The van der Waals surface area contributed by atoms with Gasteiger partial charge in [0.15, 0.2) is 9.84 Å². The Bertz CT molecular complexity index is 1610. The van der Waals surface area contributed by atoms with Gasteiger partial charge >= 0.3 is 0 Å². The molecule has 0 atom stereocenters. The topological polar surface area (TPSA) is 100 Å². The van der Waals surface area contributed by atoms with Crippen LogP contribution in [0.5, 0.6) is 0 Å². The fraction of sp³-hybridized carbons (Fsp3) is 0.250. The first kappa shape index (κ1) is 23.9. The molecule has 0 spiro atoms. The van der Waals surface area contributed by atoms with Crippen molar-refractivity contribution in [1.82, 2.24) is 10.3 Å². The minimum atomic E-state index is -3.38. The molecule has 4 aromatic rings. The standard InChI is InChI=1S/C28H27N3O4S/c1-28(2,36(3,34)35)23-14-20-8-5-11-29-26(20)25(15-23)19-7-4-6-18(12-19)21-13-22(17-31(33)16-21)27(32)30-24-9-10-24/h4-8,11-17,24H,9-10H2,1-3H3,(H-,30,32,33)/p+1. The van der Waals surface area contributed by atoms with Crippen LogP contribution in [0.1, 0.15) is 42.6 Å². The summed E-state index contributed by atoms with van der Waals surface area (Å²) in [7, 11) is -3.38. The summed E-state index contributed by atoms with van der Waals surface area (Å²) in [5, 5.41) is 14.0. The zero-order valence-electron chi connectivity index (χ0n) is 20.4. The highest BCUT2D eigenvalue weighted by molar-refractivity contribution is 7.91. The van der Waals surface area contributed by atoms with E-state index in [1.54, 1.807) is 32.3 Å². The molecule has 0 radical (unpaired) electrons. The van der Waals surface area contributed by atoms with Crippen LogP contribution < -0.4 is 10.0 Å². The Hall–Kier alpha value is -3.78. The van der Waals surface area contributed by atoms with Gasteiger partial charge in [-0.3, -0.25) is 15.0 Å². The summed E-state index contributed by atoms with van der Waals surface area (Å²) >= 11 is 0. The summed E-state index contributed by atoms with van der Waals surface area (Å²) < 4.78 is 25.0. The van der Waals surface area contributed by atoms with E-state index in [2.05, 4.69) is 10.3 Å². The van der Waals surface area contributed by atoms with Gasteiger partial charge < -0.3 is 5.32 Å². The van der Waals surface area contributed by atoms with Gasteiger partial charge in [0.05, 0.1) is 15.8 Å². The monoisotopic (exact) mass is 502 g/mol. The predicted octanol–water partition coefficient (Wildman–Crippen LogP) is 4.27. The first-order chi connectivity index (χ1) is 17.0. The maximum Gasteiger partial charge on any atom is 0.257 e. The van der Waals surface area contributed by atoms with E-state index in [1.807, 2.05) is 48.5 Å². The summed E-state index contributed by atoms with van der Waals surface area (Å²) in [4.78, 5) is 17.2. The minimum absolute atomic E-state index is 0.209. The minimum Gasteiger partial charge on any atom is -0.349 e. The van der Waals surface area contributed by atoms with Gasteiger partial charge in [0.1, 0.15) is 5.56 Å². The second-order valence-electron chi connectivity index (χ2n) is 9.90. The molecule has 1 aliphatic rings. The lowest BCUT2D eigenvalue weighted by Crippen LogP contribution is -2.33. The molecule has 0 saturated heterocycles. The molecule has 0 unspecified atom stereocenters. The lowest BCUT2D eigenvalue weighted by molar-refractivity contribution is -0.904. The van der Waals surface area contributed by atoms with Crippen LogP contribution in [0.2, 0.25) is 0 Å². The second-order valence-corrected chi connectivity index (χ2v) is 12.5. The third-order valence-corrected chi connectivity index (χ3v) is 8.95. The van der Waals surface area contributed by atoms with Crippen LogP contribution in [-0.2, 0) is 14.6 Å². The molecule has 2 aromatic carbocycles. The number of sulfone groups is 1. The van der Waals surface area contributed by atoms with Gasteiger partial charge in [-0.05, 0) is 73.7 Å². The fourth-order valence-electron chi connectivity index (χ4n) is 4.18. The Kier molecular flexibility index (Phi) is 5.79. The molecule has 0 bridgehead atoms. The van der Waals surface area contributed by atoms with Gasteiger partial charge in [0.25, 0.3) is 5.91 Å². The van der Waals surface area contributed by atoms with Gasteiger partial charge in [-0.1, -0.05) is 24.3 Å². The largest absolute Gasteiger partial charge is 0.349 e. The zero-order chi connectivity index (χ0) is 25.7. The van der Waals surface area contributed by atoms with Crippen LogP contribution in [-0.4, -0.2) is 36.8 Å². The molecule has 2 aromatic heterocycles. The summed E-state index contributed by atoms with van der Waals surface area (Å²) in [5.74, 6) is -0.218. The number of aromatic nitrogens is 2. The van der Waals surface area contributed by atoms with Crippen molar-refractivity contribution in [3.05, 3.63) is 84.3 Å². The average molecular weight is 503 g/mol. The third-order valence-electron chi connectivity index (χ3n) is 6.86. The number of carbonyl (C=O) groups excluding carboxylic acids is 1. The molecular formula is C28H28N3O4S+. The molecule has 1 fully saturated rings. The van der Waals surface area contributed by atoms with Crippen molar-refractivity contribution in [2.24, 2.45) is 0 Å². The van der Waals surface area contributed by atoms with Gasteiger partial charge in [0, 0.05) is 34.2 Å². The van der Waals surface area contributed by atoms with Crippen LogP contribution in [0.15, 0.2) is 73.2 Å². The van der Waals surface area contributed by atoms with Gasteiger partial charge in [-0.15, -0.1) is 0 Å². The SMILES string of the molecule is CC(C)(c1cc(-c2cccc(-c3cc(C(=O)NC4CC4)c[n+](O)c3)c2)c2ncccc2c1)S(C)(=O)=O. The van der Waals surface area contributed by atoms with E-state index >= 15 is 0 Å². The zero-order valence-corrected chi connectivity index (χ0v) is 21.2. The van der Waals surface area contributed by atoms with Crippen molar-refractivity contribution in [2.45, 2.75) is 37.5 Å². The first-order valence-electron chi connectivity index (χ1n) is 11.8. The van der Waals surface area contributed by atoms with Gasteiger partial charge in [0.2, 0.25) is 12.4 Å². The first-order valence-corrected chi connectivity index (χ1v) is 13.7. The molecule has 36 heavy (non-hydrogen) atoms. The number of fused-ring (bicyclic) bond motifs is 1. The van der Waals surface area contributed by atoms with Gasteiger partial charge in [-0.25, -0.2) is 8.42 Å². The molecule has 1 amide bonds. The van der Waals surface area contributed by atoms with Crippen LogP contribution in [0.4, 0.5) is 0 Å². The number of pyridine rings is 2. The number of hydrogen-bond donors (Lipinski definition) is 2. The molecule has 7 nitrogen and oxygen atoms in total. The number of nitrogens with one attached hydrogen (secondary N) is 1. The van der Waals surface area contributed by atoms with Crippen molar-refractivity contribution in [1.29, 1.82) is 0 Å². The predicted molar refractivity (Wildman–Crippen MR) is 138 cm³/mol. The van der Waals surface area contributed by atoms with E-state index in [-0.39, 0.29) is 11.9 Å². The quantitative estimate of drug-likeness (QED) is 0.303. The van der Waals surface area contributed by atoms with E-state index in [0.717, 1.165) is 45.2 Å². The Labute approximate surface area is 210 Å².